The molecule has 0 spiro atoms. The van der Waals surface area contributed by atoms with Crippen molar-refractivity contribution in [1.29, 1.82) is 0 Å². The second-order valence-corrected chi connectivity index (χ2v) is 5.86. The third-order valence-electron chi connectivity index (χ3n) is 3.40. The minimum Gasteiger partial charge on any atom is -0.496 e. The Hall–Kier alpha value is -2.20. The minimum atomic E-state index is -1.04. The van der Waals surface area contributed by atoms with Gasteiger partial charge in [-0.15, -0.1) is 0 Å². The molecule has 2 rings (SSSR count). The normalized spacial score (nSPS) is 11.8. The molecule has 0 saturated carbocycles. The molecule has 1 N–H and O–H groups in total. The van der Waals surface area contributed by atoms with Crippen molar-refractivity contribution in [2.24, 2.45) is 0 Å². The van der Waals surface area contributed by atoms with Gasteiger partial charge < -0.3 is 14.6 Å². The van der Waals surface area contributed by atoms with Crippen LogP contribution in [-0.4, -0.2) is 24.3 Å². The van der Waals surface area contributed by atoms with E-state index in [-0.39, 0.29) is 6.42 Å². The molecule has 0 aliphatic rings. The molecule has 0 aromatic heterocycles. The van der Waals surface area contributed by atoms with Crippen molar-refractivity contribution in [3.63, 3.8) is 0 Å². The average molecular weight is 335 g/mol. The molecule has 0 aliphatic carbocycles. The Morgan fingerprint density at radius 2 is 1.83 bits per heavy atom. The maximum atomic E-state index is 11.6. The molecular weight excluding hydrogens is 316 g/mol. The number of carboxylic acids is 1. The zero-order chi connectivity index (χ0) is 17.0. The van der Waals surface area contributed by atoms with Crippen molar-refractivity contribution < 1.29 is 19.4 Å². The van der Waals surface area contributed by atoms with Crippen molar-refractivity contribution in [2.75, 3.05) is 7.11 Å². The lowest BCUT2D eigenvalue weighted by Crippen LogP contribution is -2.29. The van der Waals surface area contributed by atoms with Crippen LogP contribution in [0.25, 0.3) is 0 Å². The summed E-state index contributed by atoms with van der Waals surface area (Å²) in [6.45, 7) is 3.88. The summed E-state index contributed by atoms with van der Waals surface area (Å²) in [5.74, 6) is 0.0896. The third-order valence-corrected chi connectivity index (χ3v) is 3.63. The molecule has 0 heterocycles. The summed E-state index contributed by atoms with van der Waals surface area (Å²) in [5.41, 5.74) is 2.73. The predicted octanol–water partition coefficient (Wildman–Crippen LogP) is 4.04. The number of carboxylic acid groups (broad SMARTS) is 1. The minimum absolute atomic E-state index is 0.159. The van der Waals surface area contributed by atoms with Crippen LogP contribution < -0.4 is 9.47 Å². The molecule has 122 valence electrons. The second kappa shape index (κ2) is 7.38. The first kappa shape index (κ1) is 17.2. The molecule has 0 fully saturated rings. The Morgan fingerprint density at radius 1 is 1.17 bits per heavy atom. The molecule has 4 nitrogen and oxygen atoms in total. The van der Waals surface area contributed by atoms with Crippen molar-refractivity contribution in [3.05, 3.63) is 58.1 Å². The number of halogens is 1. The quantitative estimate of drug-likeness (QED) is 0.866. The van der Waals surface area contributed by atoms with Gasteiger partial charge in [0, 0.05) is 11.4 Å². The van der Waals surface area contributed by atoms with E-state index in [0.717, 1.165) is 11.1 Å². The van der Waals surface area contributed by atoms with Crippen LogP contribution in [0.5, 0.6) is 11.5 Å². The molecule has 1 atom stereocenters. The van der Waals surface area contributed by atoms with Crippen LogP contribution in [0.1, 0.15) is 16.7 Å². The van der Waals surface area contributed by atoms with E-state index < -0.39 is 12.1 Å². The summed E-state index contributed by atoms with van der Waals surface area (Å²) in [7, 11) is 1.54. The summed E-state index contributed by atoms with van der Waals surface area (Å²) in [4.78, 5) is 11.6. The third kappa shape index (κ3) is 4.63. The Bertz CT molecular complexity index is 692. The van der Waals surface area contributed by atoms with Gasteiger partial charge in [-0.05, 0) is 60.9 Å². The van der Waals surface area contributed by atoms with Crippen molar-refractivity contribution in [3.8, 4) is 11.5 Å². The maximum absolute atomic E-state index is 11.6. The van der Waals surface area contributed by atoms with Crippen molar-refractivity contribution >= 4 is 17.6 Å². The fourth-order valence-electron chi connectivity index (χ4n) is 2.45. The van der Waals surface area contributed by atoms with Crippen LogP contribution >= 0.6 is 11.6 Å². The van der Waals surface area contributed by atoms with Gasteiger partial charge in [0.05, 0.1) is 7.11 Å². The lowest BCUT2D eigenvalue weighted by atomic mass is 10.1. The highest BCUT2D eigenvalue weighted by molar-refractivity contribution is 6.30. The van der Waals surface area contributed by atoms with Crippen molar-refractivity contribution in [2.45, 2.75) is 26.4 Å². The number of aryl methyl sites for hydroxylation is 2. The topological polar surface area (TPSA) is 55.8 Å². The van der Waals surface area contributed by atoms with E-state index >= 15 is 0 Å². The maximum Gasteiger partial charge on any atom is 0.345 e. The van der Waals surface area contributed by atoms with E-state index in [1.54, 1.807) is 18.2 Å². The standard InChI is InChI=1S/C18H19ClO4/c1-11-6-12(2)8-15(7-11)23-17(18(20)21)10-13-9-14(19)4-5-16(13)22-3/h4-9,17H,10H2,1-3H3,(H,20,21)/t17-/m0/s1. The van der Waals surface area contributed by atoms with Gasteiger partial charge in [-0.25, -0.2) is 4.79 Å². The molecular formula is C18H19ClO4. The number of benzene rings is 2. The molecule has 0 amide bonds. The smallest absolute Gasteiger partial charge is 0.345 e. The summed E-state index contributed by atoms with van der Waals surface area (Å²) in [6, 6.07) is 10.7. The van der Waals surface area contributed by atoms with E-state index in [4.69, 9.17) is 21.1 Å². The number of hydrogen-bond acceptors (Lipinski definition) is 3. The summed E-state index contributed by atoms with van der Waals surface area (Å²) >= 11 is 5.99. The van der Waals surface area contributed by atoms with Crippen LogP contribution in [0.4, 0.5) is 0 Å². The van der Waals surface area contributed by atoms with Gasteiger partial charge in [-0.2, -0.15) is 0 Å². The van der Waals surface area contributed by atoms with Gasteiger partial charge in [-0.3, -0.25) is 0 Å². The molecule has 2 aromatic rings. The Labute approximate surface area is 140 Å². The van der Waals surface area contributed by atoms with Gasteiger partial charge in [0.1, 0.15) is 11.5 Å². The lowest BCUT2D eigenvalue weighted by molar-refractivity contribution is -0.145. The van der Waals surface area contributed by atoms with E-state index in [1.807, 2.05) is 32.0 Å². The number of rotatable bonds is 6. The van der Waals surface area contributed by atoms with Crippen molar-refractivity contribution in [1.82, 2.24) is 0 Å². The van der Waals surface area contributed by atoms with E-state index in [1.165, 1.54) is 7.11 Å². The van der Waals surface area contributed by atoms with Gasteiger partial charge in [-0.1, -0.05) is 17.7 Å². The lowest BCUT2D eigenvalue weighted by Gasteiger charge is -2.17. The highest BCUT2D eigenvalue weighted by atomic mass is 35.5. The zero-order valence-corrected chi connectivity index (χ0v) is 14.1. The molecule has 2 aromatic carbocycles. The van der Waals surface area contributed by atoms with Crippen LogP contribution in [0, 0.1) is 13.8 Å². The SMILES string of the molecule is COc1ccc(Cl)cc1C[C@H](Oc1cc(C)cc(C)c1)C(=O)O. The predicted molar refractivity (Wildman–Crippen MR) is 89.7 cm³/mol. The van der Waals surface area contributed by atoms with E-state index in [0.29, 0.717) is 22.1 Å². The van der Waals surface area contributed by atoms with Gasteiger partial charge in [0.15, 0.2) is 6.10 Å². The molecule has 0 saturated heterocycles. The Morgan fingerprint density at radius 3 is 2.39 bits per heavy atom. The zero-order valence-electron chi connectivity index (χ0n) is 13.3. The average Bonchev–Trinajstić information content (AvgIpc) is 2.45. The Balaban J connectivity index is 2.26. The largest absolute Gasteiger partial charge is 0.496 e. The van der Waals surface area contributed by atoms with Crippen LogP contribution in [0.15, 0.2) is 36.4 Å². The number of carbonyl (C=O) groups is 1. The monoisotopic (exact) mass is 334 g/mol. The van der Waals surface area contributed by atoms with Gasteiger partial charge >= 0.3 is 5.97 Å². The Kier molecular flexibility index (Phi) is 5.50. The summed E-state index contributed by atoms with van der Waals surface area (Å²) in [6.07, 6.45) is -0.866. The fraction of sp³-hybridized carbons (Fsp3) is 0.278. The summed E-state index contributed by atoms with van der Waals surface area (Å²) < 4.78 is 10.9. The summed E-state index contributed by atoms with van der Waals surface area (Å²) in [5, 5.41) is 9.99. The molecule has 23 heavy (non-hydrogen) atoms. The molecule has 0 unspecified atom stereocenters. The number of aliphatic carboxylic acids is 1. The molecule has 0 radical (unpaired) electrons. The van der Waals surface area contributed by atoms with Crippen LogP contribution in [0.3, 0.4) is 0 Å². The first-order chi connectivity index (χ1) is 10.9. The van der Waals surface area contributed by atoms with Gasteiger partial charge in [0.2, 0.25) is 0 Å². The van der Waals surface area contributed by atoms with Crippen LogP contribution in [0.2, 0.25) is 5.02 Å². The number of ether oxygens (including phenoxy) is 2. The fourth-order valence-corrected chi connectivity index (χ4v) is 2.65. The highest BCUT2D eigenvalue weighted by Gasteiger charge is 2.22. The first-order valence-corrected chi connectivity index (χ1v) is 7.57. The molecule has 0 bridgehead atoms. The van der Waals surface area contributed by atoms with Crippen LogP contribution in [-0.2, 0) is 11.2 Å². The van der Waals surface area contributed by atoms with Gasteiger partial charge in [0.25, 0.3) is 0 Å². The number of methoxy groups -OCH3 is 1. The number of hydrogen-bond donors (Lipinski definition) is 1. The van der Waals surface area contributed by atoms with E-state index in [9.17, 15) is 9.90 Å². The second-order valence-electron chi connectivity index (χ2n) is 5.43. The van der Waals surface area contributed by atoms with E-state index in [2.05, 4.69) is 0 Å². The highest BCUT2D eigenvalue weighted by Crippen LogP contribution is 2.26. The first-order valence-electron chi connectivity index (χ1n) is 7.19. The molecule has 5 heteroatoms. The molecule has 0 aliphatic heterocycles.